The molecule has 0 nitrogen and oxygen atoms in total. The lowest BCUT2D eigenvalue weighted by Gasteiger charge is -2.25. The van der Waals surface area contributed by atoms with Crippen molar-refractivity contribution in [3.05, 3.63) is 11.1 Å². The molecule has 0 amide bonds. The van der Waals surface area contributed by atoms with Gasteiger partial charge in [-0.05, 0) is 24.7 Å². The van der Waals surface area contributed by atoms with E-state index in [0.717, 1.165) is 11.5 Å². The fourth-order valence-corrected chi connectivity index (χ4v) is 1.99. The van der Waals surface area contributed by atoms with Gasteiger partial charge < -0.3 is 0 Å². The average Bonchev–Trinajstić information content (AvgIpc) is 2.17. The van der Waals surface area contributed by atoms with Crippen molar-refractivity contribution in [2.24, 2.45) is 10.8 Å². The SMILES string of the molecule is CCCC(C)(C)/C(Cl)=C/CCC(C)(C)CC. The minimum absolute atomic E-state index is 0.159. The molecule has 0 rings (SSSR count). The molecule has 0 bridgehead atoms. The second kappa shape index (κ2) is 6.69. The van der Waals surface area contributed by atoms with Crippen LogP contribution in [0.4, 0.5) is 0 Å². The Morgan fingerprint density at radius 1 is 1.06 bits per heavy atom. The van der Waals surface area contributed by atoms with Gasteiger partial charge in [-0.3, -0.25) is 0 Å². The summed E-state index contributed by atoms with van der Waals surface area (Å²) in [7, 11) is 0. The Balaban J connectivity index is 4.24. The standard InChI is InChI=1S/C15H29Cl/c1-7-11-15(5,6)13(16)10-9-12-14(3,4)8-2/h10H,7-9,11-12H2,1-6H3/b13-10-. The smallest absolute Gasteiger partial charge is 0.0197 e. The van der Waals surface area contributed by atoms with Crippen LogP contribution in [0.25, 0.3) is 0 Å². The summed E-state index contributed by atoms with van der Waals surface area (Å²) in [6.07, 6.45) is 8.15. The molecular formula is C15H29Cl. The molecule has 0 saturated carbocycles. The van der Waals surface area contributed by atoms with Crippen LogP contribution in [-0.4, -0.2) is 0 Å². The first-order chi connectivity index (χ1) is 7.25. The van der Waals surface area contributed by atoms with Crippen molar-refractivity contribution >= 4 is 11.6 Å². The van der Waals surface area contributed by atoms with Crippen molar-refractivity contribution in [2.45, 2.75) is 73.6 Å². The summed E-state index contributed by atoms with van der Waals surface area (Å²) in [5.74, 6) is 0. The molecule has 0 saturated heterocycles. The molecule has 0 spiro atoms. The summed E-state index contributed by atoms with van der Waals surface area (Å²) in [4.78, 5) is 0. The third kappa shape index (κ3) is 5.94. The number of rotatable bonds is 7. The molecule has 96 valence electrons. The van der Waals surface area contributed by atoms with Crippen LogP contribution < -0.4 is 0 Å². The van der Waals surface area contributed by atoms with Crippen molar-refractivity contribution in [3.8, 4) is 0 Å². The average molecular weight is 245 g/mol. The Labute approximate surface area is 107 Å². The summed E-state index contributed by atoms with van der Waals surface area (Å²) < 4.78 is 0. The van der Waals surface area contributed by atoms with Crippen LogP contribution in [0, 0.1) is 10.8 Å². The fourth-order valence-electron chi connectivity index (χ4n) is 1.79. The van der Waals surface area contributed by atoms with Gasteiger partial charge in [-0.25, -0.2) is 0 Å². The Bertz CT molecular complexity index is 224. The van der Waals surface area contributed by atoms with E-state index in [4.69, 9.17) is 11.6 Å². The maximum Gasteiger partial charge on any atom is 0.0197 e. The quantitative estimate of drug-likeness (QED) is 0.504. The molecule has 0 aromatic rings. The highest BCUT2D eigenvalue weighted by Crippen LogP contribution is 2.35. The largest absolute Gasteiger partial charge is 0.0889 e. The fraction of sp³-hybridized carbons (Fsp3) is 0.867. The molecule has 0 radical (unpaired) electrons. The Kier molecular flexibility index (Phi) is 6.70. The van der Waals surface area contributed by atoms with Gasteiger partial charge in [-0.15, -0.1) is 0 Å². The second-order valence-corrected chi connectivity index (χ2v) is 6.65. The molecule has 0 heterocycles. The summed E-state index contributed by atoms with van der Waals surface area (Å²) >= 11 is 6.38. The van der Waals surface area contributed by atoms with Crippen molar-refractivity contribution in [3.63, 3.8) is 0 Å². The zero-order valence-corrected chi connectivity index (χ0v) is 12.7. The van der Waals surface area contributed by atoms with Crippen LogP contribution in [0.3, 0.4) is 0 Å². The van der Waals surface area contributed by atoms with Gasteiger partial charge in [-0.1, -0.05) is 72.1 Å². The summed E-state index contributed by atoms with van der Waals surface area (Å²) in [5.41, 5.74) is 0.606. The Hall–Kier alpha value is 0.0300. The van der Waals surface area contributed by atoms with Gasteiger partial charge in [0.25, 0.3) is 0 Å². The Morgan fingerprint density at radius 2 is 1.62 bits per heavy atom. The molecule has 0 aromatic carbocycles. The minimum Gasteiger partial charge on any atom is -0.0889 e. The molecule has 0 fully saturated rings. The molecule has 0 N–H and O–H groups in total. The predicted octanol–water partition coefficient (Wildman–Crippen LogP) is 6.15. The van der Waals surface area contributed by atoms with Crippen molar-refractivity contribution in [1.82, 2.24) is 0 Å². The van der Waals surface area contributed by atoms with Gasteiger partial charge >= 0.3 is 0 Å². The number of allylic oxidation sites excluding steroid dienone is 2. The van der Waals surface area contributed by atoms with Crippen LogP contribution in [0.15, 0.2) is 11.1 Å². The number of hydrogen-bond donors (Lipinski definition) is 0. The molecule has 16 heavy (non-hydrogen) atoms. The third-order valence-electron chi connectivity index (χ3n) is 3.62. The van der Waals surface area contributed by atoms with Crippen LogP contribution in [0.5, 0.6) is 0 Å². The highest BCUT2D eigenvalue weighted by Gasteiger charge is 2.21. The predicted molar refractivity (Wildman–Crippen MR) is 75.9 cm³/mol. The third-order valence-corrected chi connectivity index (χ3v) is 4.29. The van der Waals surface area contributed by atoms with E-state index in [1.807, 2.05) is 0 Å². The molecule has 0 aliphatic carbocycles. The Morgan fingerprint density at radius 3 is 2.06 bits per heavy atom. The van der Waals surface area contributed by atoms with Crippen molar-refractivity contribution in [2.75, 3.05) is 0 Å². The van der Waals surface area contributed by atoms with E-state index < -0.39 is 0 Å². The maximum absolute atomic E-state index is 6.38. The van der Waals surface area contributed by atoms with Gasteiger partial charge in [0.2, 0.25) is 0 Å². The van der Waals surface area contributed by atoms with Gasteiger partial charge in [-0.2, -0.15) is 0 Å². The maximum atomic E-state index is 6.38. The lowest BCUT2D eigenvalue weighted by atomic mass is 9.83. The van der Waals surface area contributed by atoms with E-state index in [1.54, 1.807) is 0 Å². The molecule has 1 heteroatoms. The monoisotopic (exact) mass is 244 g/mol. The van der Waals surface area contributed by atoms with Gasteiger partial charge in [0.05, 0.1) is 0 Å². The van der Waals surface area contributed by atoms with Crippen molar-refractivity contribution in [1.29, 1.82) is 0 Å². The molecule has 0 atom stereocenters. The first-order valence-corrected chi connectivity index (χ1v) is 6.99. The molecular weight excluding hydrogens is 216 g/mol. The summed E-state index contributed by atoms with van der Waals surface area (Å²) in [6.45, 7) is 13.6. The zero-order chi connectivity index (χ0) is 12.8. The highest BCUT2D eigenvalue weighted by molar-refractivity contribution is 6.30. The lowest BCUT2D eigenvalue weighted by molar-refractivity contribution is 0.324. The van der Waals surface area contributed by atoms with Crippen LogP contribution in [-0.2, 0) is 0 Å². The number of halogens is 1. The highest BCUT2D eigenvalue weighted by atomic mass is 35.5. The molecule has 0 aliphatic rings. The van der Waals surface area contributed by atoms with E-state index >= 15 is 0 Å². The van der Waals surface area contributed by atoms with Gasteiger partial charge in [0, 0.05) is 10.4 Å². The first kappa shape index (κ1) is 16.0. The van der Waals surface area contributed by atoms with Crippen molar-refractivity contribution < 1.29 is 0 Å². The topological polar surface area (TPSA) is 0 Å². The van der Waals surface area contributed by atoms with Gasteiger partial charge in [0.15, 0.2) is 0 Å². The first-order valence-electron chi connectivity index (χ1n) is 6.61. The molecule has 0 aromatic heterocycles. The second-order valence-electron chi connectivity index (χ2n) is 6.24. The lowest BCUT2D eigenvalue weighted by Crippen LogP contribution is -2.12. The zero-order valence-electron chi connectivity index (χ0n) is 12.0. The van der Waals surface area contributed by atoms with E-state index in [9.17, 15) is 0 Å². The van der Waals surface area contributed by atoms with E-state index in [2.05, 4.69) is 47.6 Å². The minimum atomic E-state index is 0.159. The van der Waals surface area contributed by atoms with E-state index in [1.165, 1.54) is 25.7 Å². The normalized spacial score (nSPS) is 14.3. The van der Waals surface area contributed by atoms with Crippen LogP contribution >= 0.6 is 11.6 Å². The summed E-state index contributed by atoms with van der Waals surface area (Å²) in [5, 5.41) is 1.04. The van der Waals surface area contributed by atoms with Crippen LogP contribution in [0.1, 0.15) is 73.6 Å². The summed E-state index contributed by atoms with van der Waals surface area (Å²) in [6, 6.07) is 0. The molecule has 0 unspecified atom stereocenters. The number of hydrogen-bond acceptors (Lipinski definition) is 0. The van der Waals surface area contributed by atoms with Gasteiger partial charge in [0.1, 0.15) is 0 Å². The van der Waals surface area contributed by atoms with E-state index in [0.29, 0.717) is 5.41 Å². The van der Waals surface area contributed by atoms with Crippen LogP contribution in [0.2, 0.25) is 0 Å². The molecule has 0 aliphatic heterocycles. The van der Waals surface area contributed by atoms with E-state index in [-0.39, 0.29) is 5.41 Å².